The number of imidazole rings is 2. The van der Waals surface area contributed by atoms with Crippen molar-refractivity contribution in [2.45, 2.75) is 155 Å². The zero-order valence-electron chi connectivity index (χ0n) is 38.5. The first-order valence-electron chi connectivity index (χ1n) is 22.8. The highest BCUT2D eigenvalue weighted by molar-refractivity contribution is 6.36. The molecule has 12 heteroatoms. The lowest BCUT2D eigenvalue weighted by Crippen LogP contribution is -2.64. The number of nitrogens with zero attached hydrogens (tertiary/aromatic N) is 6. The SMILES string of the molecule is C[C@H]1CCN(C(=O)C(=O)N2C(C)(C)CCCC2(C)C)C1c1ncc(-c2ccc(-c3ccc(-c4cnc([C@@H]5[C@@H](C)CCN5C(=O)C(=O)N5C(C)(C)CCCC5(C)C)[nH]4)cc3)cc2)[nH]1. The first-order valence-corrected chi connectivity index (χ1v) is 22.8. The van der Waals surface area contributed by atoms with Crippen LogP contribution in [0, 0.1) is 11.8 Å². The van der Waals surface area contributed by atoms with Crippen LogP contribution in [-0.2, 0) is 19.2 Å². The Morgan fingerprint density at radius 1 is 0.500 bits per heavy atom. The van der Waals surface area contributed by atoms with E-state index < -0.39 is 45.8 Å². The van der Waals surface area contributed by atoms with Crippen LogP contribution in [0.2, 0.25) is 0 Å². The van der Waals surface area contributed by atoms with Crippen LogP contribution >= 0.6 is 0 Å². The number of hydrogen-bond donors (Lipinski definition) is 2. The average molecular weight is 843 g/mol. The molecule has 4 atom stereocenters. The lowest BCUT2D eigenvalue weighted by atomic mass is 9.79. The van der Waals surface area contributed by atoms with E-state index in [0.29, 0.717) is 24.7 Å². The lowest BCUT2D eigenvalue weighted by molar-refractivity contribution is -0.164. The third kappa shape index (κ3) is 7.76. The van der Waals surface area contributed by atoms with Gasteiger partial charge in [-0.3, -0.25) is 19.2 Å². The quantitative estimate of drug-likeness (QED) is 0.192. The zero-order chi connectivity index (χ0) is 44.5. The number of piperidine rings is 2. The summed E-state index contributed by atoms with van der Waals surface area (Å²) in [6.07, 6.45) is 10.8. The summed E-state index contributed by atoms with van der Waals surface area (Å²) in [5, 5.41) is 0. The van der Waals surface area contributed by atoms with Crippen LogP contribution in [0.3, 0.4) is 0 Å². The number of aromatic amines is 2. The van der Waals surface area contributed by atoms with Crippen molar-refractivity contribution in [3.63, 3.8) is 0 Å². The molecule has 0 saturated carbocycles. The Kier molecular flexibility index (Phi) is 11.1. The van der Waals surface area contributed by atoms with Gasteiger partial charge >= 0.3 is 23.6 Å². The highest BCUT2D eigenvalue weighted by atomic mass is 16.2. The number of hydrogen-bond acceptors (Lipinski definition) is 6. The molecule has 4 amide bonds. The van der Waals surface area contributed by atoms with Gasteiger partial charge in [0.05, 0.1) is 35.9 Å². The van der Waals surface area contributed by atoms with Gasteiger partial charge in [0.25, 0.3) is 0 Å². The molecule has 8 rings (SSSR count). The smallest absolute Gasteiger partial charge is 0.313 e. The number of H-pyrrole nitrogens is 2. The Morgan fingerprint density at radius 2 is 0.806 bits per heavy atom. The van der Waals surface area contributed by atoms with Gasteiger partial charge in [-0.05, 0) is 141 Å². The number of likely N-dealkylation sites (tertiary alicyclic amines) is 4. The van der Waals surface area contributed by atoms with Crippen molar-refractivity contribution < 1.29 is 19.2 Å². The Balaban J connectivity index is 0.937. The highest BCUT2D eigenvalue weighted by Gasteiger charge is 2.51. The number of nitrogens with one attached hydrogen (secondary N) is 2. The fourth-order valence-electron chi connectivity index (χ4n) is 11.7. The van der Waals surface area contributed by atoms with Gasteiger partial charge in [0.15, 0.2) is 0 Å². The molecule has 4 fully saturated rings. The molecule has 330 valence electrons. The molecule has 0 bridgehead atoms. The molecule has 2 aromatic carbocycles. The minimum absolute atomic E-state index is 0.151. The first-order chi connectivity index (χ1) is 29.2. The highest BCUT2D eigenvalue weighted by Crippen LogP contribution is 2.43. The fourth-order valence-corrected chi connectivity index (χ4v) is 11.7. The van der Waals surface area contributed by atoms with Gasteiger partial charge in [-0.1, -0.05) is 62.4 Å². The summed E-state index contributed by atoms with van der Waals surface area (Å²) in [7, 11) is 0. The van der Waals surface area contributed by atoms with Gasteiger partial charge in [0.1, 0.15) is 11.6 Å². The van der Waals surface area contributed by atoms with E-state index in [4.69, 9.17) is 9.97 Å². The van der Waals surface area contributed by atoms with Gasteiger partial charge in [-0.2, -0.15) is 0 Å². The van der Waals surface area contributed by atoms with Crippen LogP contribution in [0.25, 0.3) is 33.6 Å². The lowest BCUT2D eigenvalue weighted by Gasteiger charge is -2.52. The molecule has 0 radical (unpaired) electrons. The molecule has 12 nitrogen and oxygen atoms in total. The molecular formula is C50H66N8O4. The number of rotatable bonds is 5. The van der Waals surface area contributed by atoms with Crippen LogP contribution < -0.4 is 0 Å². The number of benzene rings is 2. The van der Waals surface area contributed by atoms with Gasteiger partial charge in [-0.25, -0.2) is 9.97 Å². The van der Waals surface area contributed by atoms with Crippen LogP contribution in [-0.4, -0.2) is 98.4 Å². The van der Waals surface area contributed by atoms with E-state index in [1.54, 1.807) is 9.80 Å². The third-order valence-corrected chi connectivity index (χ3v) is 14.7. The predicted octanol–water partition coefficient (Wildman–Crippen LogP) is 9.09. The van der Waals surface area contributed by atoms with Crippen molar-refractivity contribution in [3.8, 4) is 33.6 Å². The Bertz CT molecular complexity index is 2140. The second kappa shape index (κ2) is 15.8. The summed E-state index contributed by atoms with van der Waals surface area (Å²) in [6.45, 7) is 21.8. The third-order valence-electron chi connectivity index (χ3n) is 14.7. The number of carbonyl (C=O) groups is 4. The van der Waals surface area contributed by atoms with Gasteiger partial charge in [0.2, 0.25) is 0 Å². The van der Waals surface area contributed by atoms with Crippen molar-refractivity contribution in [1.82, 2.24) is 39.5 Å². The molecule has 4 aliphatic heterocycles. The maximum absolute atomic E-state index is 14.0. The summed E-state index contributed by atoms with van der Waals surface area (Å²) in [6, 6.07) is 16.0. The predicted molar refractivity (Wildman–Crippen MR) is 241 cm³/mol. The van der Waals surface area contributed by atoms with E-state index in [9.17, 15) is 19.2 Å². The molecule has 6 heterocycles. The van der Waals surface area contributed by atoms with Crippen molar-refractivity contribution in [2.24, 2.45) is 11.8 Å². The molecule has 4 saturated heterocycles. The normalized spacial score (nSPS) is 25.3. The first kappa shape index (κ1) is 43.4. The minimum atomic E-state index is -0.444. The Hall–Kier alpha value is -5.26. The second-order valence-electron chi connectivity index (χ2n) is 21.2. The van der Waals surface area contributed by atoms with Crippen molar-refractivity contribution in [1.29, 1.82) is 0 Å². The van der Waals surface area contributed by atoms with Crippen LogP contribution in [0.15, 0.2) is 60.9 Å². The summed E-state index contributed by atoms with van der Waals surface area (Å²) in [5.74, 6) is -0.0262. The van der Waals surface area contributed by atoms with E-state index in [0.717, 1.165) is 85.0 Å². The number of aromatic nitrogens is 4. The second-order valence-corrected chi connectivity index (χ2v) is 21.2. The van der Waals surface area contributed by atoms with Crippen LogP contribution in [0.5, 0.6) is 0 Å². The molecule has 4 aliphatic rings. The summed E-state index contributed by atoms with van der Waals surface area (Å²) in [5.41, 5.74) is 4.22. The maximum atomic E-state index is 14.0. The summed E-state index contributed by atoms with van der Waals surface area (Å²) >= 11 is 0. The van der Waals surface area contributed by atoms with E-state index in [2.05, 4.69) is 128 Å². The number of amides is 4. The maximum Gasteiger partial charge on any atom is 0.313 e. The molecule has 1 unspecified atom stereocenters. The van der Waals surface area contributed by atoms with Crippen molar-refractivity contribution in [2.75, 3.05) is 13.1 Å². The Morgan fingerprint density at radius 3 is 1.13 bits per heavy atom. The van der Waals surface area contributed by atoms with Crippen LogP contribution in [0.4, 0.5) is 0 Å². The van der Waals surface area contributed by atoms with Crippen molar-refractivity contribution in [3.05, 3.63) is 72.6 Å². The van der Waals surface area contributed by atoms with Gasteiger partial charge < -0.3 is 29.6 Å². The van der Waals surface area contributed by atoms with E-state index >= 15 is 0 Å². The minimum Gasteiger partial charge on any atom is -0.340 e. The largest absolute Gasteiger partial charge is 0.340 e. The monoisotopic (exact) mass is 843 g/mol. The topological polar surface area (TPSA) is 139 Å². The zero-order valence-corrected chi connectivity index (χ0v) is 38.5. The van der Waals surface area contributed by atoms with Gasteiger partial charge in [-0.15, -0.1) is 0 Å². The molecule has 62 heavy (non-hydrogen) atoms. The molecule has 0 aliphatic carbocycles. The fraction of sp³-hybridized carbons (Fsp3) is 0.560. The molecule has 0 spiro atoms. The molecule has 2 aromatic heterocycles. The standard InChI is InChI=1S/C50H66N8O4/c1-31-21-27-55(43(59)45(61)57-47(3,4)23-11-24-48(57,5)6)39(31)41-51-29-37(53-41)35-17-13-33(14-18-35)34-15-19-36(20-16-34)38-30-52-42(54-38)40-32(2)22-28-56(40)44(60)46(62)58-49(7,8)25-12-26-50(58,9)10/h13-20,29-32,39-40H,11-12,21-28H2,1-10H3,(H,51,53)(H,52,54)/t31-,32-,39-,40?/m0/s1. The van der Waals surface area contributed by atoms with Crippen LogP contribution in [0.1, 0.15) is 144 Å². The average Bonchev–Trinajstić information content (AvgIpc) is 4.03. The summed E-state index contributed by atoms with van der Waals surface area (Å²) < 4.78 is 0. The number of carbonyl (C=O) groups excluding carboxylic acids is 4. The van der Waals surface area contributed by atoms with Crippen molar-refractivity contribution >= 4 is 23.6 Å². The van der Waals surface area contributed by atoms with Gasteiger partial charge in [0, 0.05) is 35.2 Å². The molecule has 2 N–H and O–H groups in total. The Labute approximate surface area is 367 Å². The van der Waals surface area contributed by atoms with E-state index in [1.165, 1.54) is 0 Å². The van der Waals surface area contributed by atoms with E-state index in [-0.39, 0.29) is 23.9 Å². The molecular weight excluding hydrogens is 777 g/mol. The summed E-state index contributed by atoms with van der Waals surface area (Å²) in [4.78, 5) is 79.5. The van der Waals surface area contributed by atoms with E-state index in [1.807, 2.05) is 22.2 Å². The molecule has 4 aromatic rings.